The molecular weight excluding hydrogens is 410 g/mol. The number of benzene rings is 2. The average molecular weight is 426 g/mol. The number of nitrogens with one attached hydrogen (secondary N) is 1. The Labute approximate surface area is 175 Å². The summed E-state index contributed by atoms with van der Waals surface area (Å²) in [7, 11) is 0. The molecule has 4 aromatic rings. The lowest BCUT2D eigenvalue weighted by Crippen LogP contribution is -2.14. The van der Waals surface area contributed by atoms with Crippen molar-refractivity contribution in [1.82, 2.24) is 9.97 Å². The highest BCUT2D eigenvalue weighted by atomic mass is 35.5. The molecule has 0 spiro atoms. The SMILES string of the molecule is O=C(Cc1csc(-c2ccccc2Cl)n1)Nc1ncc(Cc2ccccc2)s1. The number of thiazole rings is 2. The van der Waals surface area contributed by atoms with Gasteiger partial charge in [0.05, 0.1) is 17.1 Å². The third-order valence-electron chi connectivity index (χ3n) is 4.02. The smallest absolute Gasteiger partial charge is 0.232 e. The van der Waals surface area contributed by atoms with E-state index in [2.05, 4.69) is 27.4 Å². The number of hydrogen-bond acceptors (Lipinski definition) is 5. The standard InChI is InChI=1S/C21H16ClN3OS2/c22-18-9-5-4-8-17(18)20-24-15(13-27-20)11-19(26)25-21-23-12-16(28-21)10-14-6-2-1-3-7-14/h1-9,12-13H,10-11H2,(H,23,25,26). The maximum absolute atomic E-state index is 12.4. The van der Waals surface area contributed by atoms with Gasteiger partial charge in [-0.2, -0.15) is 0 Å². The summed E-state index contributed by atoms with van der Waals surface area (Å²) >= 11 is 9.20. The van der Waals surface area contributed by atoms with Gasteiger partial charge in [-0.3, -0.25) is 4.79 Å². The fraction of sp³-hybridized carbons (Fsp3) is 0.0952. The van der Waals surface area contributed by atoms with E-state index in [1.807, 2.05) is 54.0 Å². The van der Waals surface area contributed by atoms with Gasteiger partial charge < -0.3 is 5.32 Å². The third kappa shape index (κ3) is 4.65. The molecule has 0 atom stereocenters. The average Bonchev–Trinajstić information content (AvgIpc) is 3.32. The molecule has 0 fully saturated rings. The van der Waals surface area contributed by atoms with Crippen molar-refractivity contribution in [3.63, 3.8) is 0 Å². The molecule has 2 heterocycles. The summed E-state index contributed by atoms with van der Waals surface area (Å²) in [5.41, 5.74) is 2.82. The second-order valence-electron chi connectivity index (χ2n) is 6.14. The van der Waals surface area contributed by atoms with E-state index in [1.54, 1.807) is 0 Å². The molecule has 0 radical (unpaired) electrons. The van der Waals surface area contributed by atoms with Crippen molar-refractivity contribution in [2.24, 2.45) is 0 Å². The molecule has 1 amide bonds. The first-order valence-electron chi connectivity index (χ1n) is 8.65. The Morgan fingerprint density at radius 3 is 2.68 bits per heavy atom. The van der Waals surface area contributed by atoms with Crippen LogP contribution in [0.5, 0.6) is 0 Å². The predicted molar refractivity (Wildman–Crippen MR) is 116 cm³/mol. The van der Waals surface area contributed by atoms with Gasteiger partial charge in [-0.05, 0) is 11.6 Å². The molecule has 0 saturated heterocycles. The lowest BCUT2D eigenvalue weighted by Gasteiger charge is -2.00. The summed E-state index contributed by atoms with van der Waals surface area (Å²) in [6.07, 6.45) is 2.82. The number of hydrogen-bond donors (Lipinski definition) is 1. The number of halogens is 1. The normalized spacial score (nSPS) is 10.8. The molecule has 0 unspecified atom stereocenters. The van der Waals surface area contributed by atoms with Crippen molar-refractivity contribution in [3.05, 3.63) is 87.3 Å². The minimum Gasteiger partial charge on any atom is -0.302 e. The summed E-state index contributed by atoms with van der Waals surface area (Å²) in [5, 5.41) is 6.83. The number of carbonyl (C=O) groups is 1. The van der Waals surface area contributed by atoms with Crippen molar-refractivity contribution in [2.75, 3.05) is 5.32 Å². The van der Waals surface area contributed by atoms with Crippen LogP contribution in [0.3, 0.4) is 0 Å². The van der Waals surface area contributed by atoms with Gasteiger partial charge in [-0.1, -0.05) is 60.1 Å². The molecule has 1 N–H and O–H groups in total. The zero-order valence-electron chi connectivity index (χ0n) is 14.8. The Hall–Kier alpha value is -2.54. The van der Waals surface area contributed by atoms with Gasteiger partial charge in [-0.15, -0.1) is 22.7 Å². The van der Waals surface area contributed by atoms with Crippen molar-refractivity contribution < 1.29 is 4.79 Å². The fourth-order valence-corrected chi connectivity index (χ4v) is 4.72. The first kappa shape index (κ1) is 18.8. The van der Waals surface area contributed by atoms with Crippen LogP contribution in [0.25, 0.3) is 10.6 Å². The van der Waals surface area contributed by atoms with Gasteiger partial charge >= 0.3 is 0 Å². The summed E-state index contributed by atoms with van der Waals surface area (Å²) < 4.78 is 0. The molecule has 4 nitrogen and oxygen atoms in total. The molecular formula is C21H16ClN3OS2. The first-order valence-corrected chi connectivity index (χ1v) is 10.7. The van der Waals surface area contributed by atoms with Gasteiger partial charge in [0.25, 0.3) is 0 Å². The predicted octanol–water partition coefficient (Wildman–Crippen LogP) is 5.69. The monoisotopic (exact) mass is 425 g/mol. The first-order chi connectivity index (χ1) is 13.7. The van der Waals surface area contributed by atoms with E-state index in [-0.39, 0.29) is 12.3 Å². The van der Waals surface area contributed by atoms with E-state index in [9.17, 15) is 4.79 Å². The van der Waals surface area contributed by atoms with Crippen LogP contribution >= 0.6 is 34.3 Å². The van der Waals surface area contributed by atoms with Crippen molar-refractivity contribution >= 4 is 45.3 Å². The van der Waals surface area contributed by atoms with Crippen LogP contribution in [0.1, 0.15) is 16.1 Å². The van der Waals surface area contributed by atoms with Crippen molar-refractivity contribution in [1.29, 1.82) is 0 Å². The highest BCUT2D eigenvalue weighted by molar-refractivity contribution is 7.15. The zero-order valence-corrected chi connectivity index (χ0v) is 17.2. The van der Waals surface area contributed by atoms with E-state index in [4.69, 9.17) is 11.6 Å². The van der Waals surface area contributed by atoms with Crippen LogP contribution < -0.4 is 5.32 Å². The summed E-state index contributed by atoms with van der Waals surface area (Å²) in [6, 6.07) is 17.8. The molecule has 7 heteroatoms. The zero-order chi connectivity index (χ0) is 19.3. The molecule has 0 saturated carbocycles. The van der Waals surface area contributed by atoms with Gasteiger partial charge in [0.2, 0.25) is 5.91 Å². The lowest BCUT2D eigenvalue weighted by atomic mass is 10.1. The van der Waals surface area contributed by atoms with Crippen LogP contribution in [0.4, 0.5) is 5.13 Å². The van der Waals surface area contributed by atoms with E-state index in [0.29, 0.717) is 10.2 Å². The third-order valence-corrected chi connectivity index (χ3v) is 6.19. The molecule has 28 heavy (non-hydrogen) atoms. The van der Waals surface area contributed by atoms with Crippen molar-refractivity contribution in [2.45, 2.75) is 12.8 Å². The van der Waals surface area contributed by atoms with E-state index in [0.717, 1.165) is 27.6 Å². The second-order valence-corrected chi connectivity index (χ2v) is 8.52. The highest BCUT2D eigenvalue weighted by Crippen LogP contribution is 2.30. The van der Waals surface area contributed by atoms with E-state index < -0.39 is 0 Å². The Balaban J connectivity index is 1.37. The van der Waals surface area contributed by atoms with Gasteiger partial charge in [0, 0.05) is 28.4 Å². The fourth-order valence-electron chi connectivity index (χ4n) is 2.72. The van der Waals surface area contributed by atoms with Crippen LogP contribution in [0, 0.1) is 0 Å². The minimum atomic E-state index is -0.128. The second kappa shape index (κ2) is 8.65. The quantitative estimate of drug-likeness (QED) is 0.431. The largest absolute Gasteiger partial charge is 0.302 e. The number of anilines is 1. The Morgan fingerprint density at radius 2 is 1.86 bits per heavy atom. The Bertz CT molecular complexity index is 1090. The van der Waals surface area contributed by atoms with Crippen molar-refractivity contribution in [3.8, 4) is 10.6 Å². The molecule has 140 valence electrons. The van der Waals surface area contributed by atoms with Gasteiger partial charge in [0.1, 0.15) is 5.01 Å². The number of aromatic nitrogens is 2. The number of rotatable bonds is 6. The molecule has 0 aliphatic heterocycles. The molecule has 0 aliphatic carbocycles. The molecule has 4 rings (SSSR count). The van der Waals surface area contributed by atoms with Gasteiger partial charge in [-0.25, -0.2) is 9.97 Å². The molecule has 0 bridgehead atoms. The molecule has 2 aromatic heterocycles. The summed E-state index contributed by atoms with van der Waals surface area (Å²) in [4.78, 5) is 22.3. The van der Waals surface area contributed by atoms with E-state index >= 15 is 0 Å². The number of carbonyl (C=O) groups excluding carboxylic acids is 1. The van der Waals surface area contributed by atoms with Crippen LogP contribution in [0.15, 0.2) is 66.2 Å². The van der Waals surface area contributed by atoms with Crippen LogP contribution in [-0.2, 0) is 17.6 Å². The summed E-state index contributed by atoms with van der Waals surface area (Å²) in [6.45, 7) is 0. The van der Waals surface area contributed by atoms with E-state index in [1.165, 1.54) is 28.2 Å². The number of amides is 1. The molecule has 2 aromatic carbocycles. The Morgan fingerprint density at radius 1 is 1.07 bits per heavy atom. The topological polar surface area (TPSA) is 54.9 Å². The maximum Gasteiger partial charge on any atom is 0.232 e. The minimum absolute atomic E-state index is 0.128. The number of nitrogens with zero attached hydrogens (tertiary/aromatic N) is 2. The van der Waals surface area contributed by atoms with Gasteiger partial charge in [0.15, 0.2) is 5.13 Å². The maximum atomic E-state index is 12.4. The highest BCUT2D eigenvalue weighted by Gasteiger charge is 2.12. The van der Waals surface area contributed by atoms with Crippen LogP contribution in [-0.4, -0.2) is 15.9 Å². The summed E-state index contributed by atoms with van der Waals surface area (Å²) in [5.74, 6) is -0.128. The lowest BCUT2D eigenvalue weighted by molar-refractivity contribution is -0.115. The molecule has 0 aliphatic rings. The Kier molecular flexibility index (Phi) is 5.81. The van der Waals surface area contributed by atoms with Crippen LogP contribution in [0.2, 0.25) is 5.02 Å².